The quantitative estimate of drug-likeness (QED) is 0.581. The van der Waals surface area contributed by atoms with Gasteiger partial charge < -0.3 is 0 Å². The van der Waals surface area contributed by atoms with Crippen LogP contribution in [-0.2, 0) is 0 Å². The van der Waals surface area contributed by atoms with E-state index in [0.29, 0.717) is 10.8 Å². The van der Waals surface area contributed by atoms with Gasteiger partial charge in [-0.3, -0.25) is 0 Å². The average Bonchev–Trinajstić information content (AvgIpc) is 1.82. The van der Waals surface area contributed by atoms with Gasteiger partial charge in [0, 0.05) is 0 Å². The van der Waals surface area contributed by atoms with Crippen molar-refractivity contribution in [2.45, 2.75) is 61.8 Å². The first kappa shape index (κ1) is 13.0. The zero-order chi connectivity index (χ0) is 10.9. The van der Waals surface area contributed by atoms with Gasteiger partial charge in [0.25, 0.3) is 0 Å². The Labute approximate surface area is 85.1 Å². The van der Waals surface area contributed by atoms with Crippen LogP contribution >= 0.6 is 0 Å². The minimum atomic E-state index is 0.458. The van der Waals surface area contributed by atoms with Gasteiger partial charge in [0.2, 0.25) is 0 Å². The molecule has 0 aromatic heterocycles. The van der Waals surface area contributed by atoms with Gasteiger partial charge in [-0.05, 0) is 29.1 Å². The monoisotopic (exact) mass is 184 g/mol. The van der Waals surface area contributed by atoms with Gasteiger partial charge >= 0.3 is 0 Å². The summed E-state index contributed by atoms with van der Waals surface area (Å²) in [6.45, 7) is 18.8. The fourth-order valence-corrected chi connectivity index (χ4v) is 1.24. The number of hydrogen-bond acceptors (Lipinski definition) is 0. The molecule has 0 saturated heterocycles. The minimum absolute atomic E-state index is 0.458. The highest BCUT2D eigenvalue weighted by Crippen LogP contribution is 2.36. The fraction of sp³-hybridized carbons (Fsp3) is 1.00. The Morgan fingerprint density at radius 2 is 0.923 bits per heavy atom. The highest BCUT2D eigenvalue weighted by molar-refractivity contribution is 4.77. The van der Waals surface area contributed by atoms with Crippen molar-refractivity contribution in [1.29, 1.82) is 0 Å². The van der Waals surface area contributed by atoms with Gasteiger partial charge in [0.1, 0.15) is 0 Å². The molecular formula is C13H28. The van der Waals surface area contributed by atoms with Crippen molar-refractivity contribution in [2.24, 2.45) is 22.7 Å². The van der Waals surface area contributed by atoms with Crippen LogP contribution in [0.5, 0.6) is 0 Å². The van der Waals surface area contributed by atoms with Crippen LogP contribution in [-0.4, -0.2) is 0 Å². The molecule has 0 heterocycles. The van der Waals surface area contributed by atoms with Gasteiger partial charge in [-0.15, -0.1) is 0 Å². The highest BCUT2D eigenvalue weighted by Gasteiger charge is 2.27. The summed E-state index contributed by atoms with van der Waals surface area (Å²) in [5.41, 5.74) is 0.916. The van der Waals surface area contributed by atoms with E-state index in [0.717, 1.165) is 11.8 Å². The van der Waals surface area contributed by atoms with Crippen LogP contribution in [0.1, 0.15) is 61.8 Å². The molecule has 0 bridgehead atoms. The van der Waals surface area contributed by atoms with Crippen LogP contribution in [0.15, 0.2) is 0 Å². The summed E-state index contributed by atoms with van der Waals surface area (Å²) in [6.07, 6.45) is 1.34. The Bertz CT molecular complexity index is 124. The molecule has 13 heavy (non-hydrogen) atoms. The summed E-state index contributed by atoms with van der Waals surface area (Å²) >= 11 is 0. The highest BCUT2D eigenvalue weighted by atomic mass is 14.3. The number of rotatable bonds is 2. The smallest absolute Gasteiger partial charge is 0.0357 e. The molecule has 2 unspecified atom stereocenters. The molecule has 0 saturated carbocycles. The Balaban J connectivity index is 4.15. The summed E-state index contributed by atoms with van der Waals surface area (Å²) in [7, 11) is 0. The summed E-state index contributed by atoms with van der Waals surface area (Å²) in [5.74, 6) is 1.61. The van der Waals surface area contributed by atoms with Gasteiger partial charge in [0.15, 0.2) is 0 Å². The molecule has 2 atom stereocenters. The van der Waals surface area contributed by atoms with Gasteiger partial charge in [-0.25, -0.2) is 0 Å². The predicted octanol–water partition coefficient (Wildman–Crippen LogP) is 4.74. The van der Waals surface area contributed by atoms with Crippen molar-refractivity contribution in [3.8, 4) is 0 Å². The summed E-state index contributed by atoms with van der Waals surface area (Å²) < 4.78 is 0. The largest absolute Gasteiger partial charge is 0.0620 e. The van der Waals surface area contributed by atoms with E-state index in [1.54, 1.807) is 0 Å². The number of hydrogen-bond donors (Lipinski definition) is 0. The molecule has 0 aromatic carbocycles. The second-order valence-corrected chi connectivity index (χ2v) is 6.77. The van der Waals surface area contributed by atoms with E-state index in [4.69, 9.17) is 0 Å². The van der Waals surface area contributed by atoms with Gasteiger partial charge in [0.05, 0.1) is 0 Å². The molecule has 0 heteroatoms. The lowest BCUT2D eigenvalue weighted by atomic mass is 9.71. The first-order chi connectivity index (χ1) is 5.55. The van der Waals surface area contributed by atoms with Crippen LogP contribution < -0.4 is 0 Å². The van der Waals surface area contributed by atoms with Crippen molar-refractivity contribution in [1.82, 2.24) is 0 Å². The summed E-state index contributed by atoms with van der Waals surface area (Å²) in [4.78, 5) is 0. The second kappa shape index (κ2) is 4.02. The lowest BCUT2D eigenvalue weighted by Crippen LogP contribution is -2.25. The van der Waals surface area contributed by atoms with Crippen molar-refractivity contribution >= 4 is 0 Å². The summed E-state index contributed by atoms with van der Waals surface area (Å²) in [6, 6.07) is 0. The SMILES string of the molecule is CC(CC(C)C(C)(C)C)C(C)(C)C. The minimum Gasteiger partial charge on any atom is -0.0620 e. The van der Waals surface area contributed by atoms with E-state index in [9.17, 15) is 0 Å². The molecule has 80 valence electrons. The third-order valence-electron chi connectivity index (χ3n) is 3.66. The molecule has 0 radical (unpaired) electrons. The molecule has 0 aliphatic heterocycles. The first-order valence-electron chi connectivity index (χ1n) is 5.55. The van der Waals surface area contributed by atoms with E-state index in [-0.39, 0.29) is 0 Å². The topological polar surface area (TPSA) is 0 Å². The second-order valence-electron chi connectivity index (χ2n) is 6.77. The third kappa shape index (κ3) is 4.69. The zero-order valence-corrected chi connectivity index (χ0v) is 10.9. The van der Waals surface area contributed by atoms with Crippen molar-refractivity contribution < 1.29 is 0 Å². The maximum Gasteiger partial charge on any atom is -0.0357 e. The molecule has 0 spiro atoms. The third-order valence-corrected chi connectivity index (χ3v) is 3.66. The fourth-order valence-electron chi connectivity index (χ4n) is 1.24. The maximum atomic E-state index is 2.38. The molecule has 0 aliphatic carbocycles. The molecule has 0 aliphatic rings. The Morgan fingerprint density at radius 1 is 0.692 bits per heavy atom. The van der Waals surface area contributed by atoms with E-state index >= 15 is 0 Å². The molecule has 0 rings (SSSR count). The molecule has 0 aromatic rings. The molecule has 0 fully saturated rings. The Morgan fingerprint density at radius 3 is 1.08 bits per heavy atom. The average molecular weight is 184 g/mol. The molecule has 0 N–H and O–H groups in total. The maximum absolute atomic E-state index is 2.38. The molecule has 0 nitrogen and oxygen atoms in total. The van der Waals surface area contributed by atoms with Crippen molar-refractivity contribution in [2.75, 3.05) is 0 Å². The van der Waals surface area contributed by atoms with Crippen LogP contribution in [0, 0.1) is 22.7 Å². The zero-order valence-electron chi connectivity index (χ0n) is 10.9. The van der Waals surface area contributed by atoms with E-state index in [2.05, 4.69) is 55.4 Å². The lowest BCUT2D eigenvalue weighted by Gasteiger charge is -2.35. The van der Waals surface area contributed by atoms with Gasteiger partial charge in [-0.1, -0.05) is 55.4 Å². The molecular weight excluding hydrogens is 156 g/mol. The van der Waals surface area contributed by atoms with Gasteiger partial charge in [-0.2, -0.15) is 0 Å². The van der Waals surface area contributed by atoms with E-state index < -0.39 is 0 Å². The van der Waals surface area contributed by atoms with Crippen molar-refractivity contribution in [3.05, 3.63) is 0 Å². The van der Waals surface area contributed by atoms with Crippen LogP contribution in [0.25, 0.3) is 0 Å². The summed E-state index contributed by atoms with van der Waals surface area (Å²) in [5, 5.41) is 0. The van der Waals surface area contributed by atoms with Crippen LogP contribution in [0.4, 0.5) is 0 Å². The van der Waals surface area contributed by atoms with Crippen LogP contribution in [0.2, 0.25) is 0 Å². The Kier molecular flexibility index (Phi) is 4.02. The normalized spacial score (nSPS) is 18.5. The lowest BCUT2D eigenvalue weighted by molar-refractivity contribution is 0.157. The Hall–Kier alpha value is 0. The standard InChI is InChI=1S/C13H28/c1-10(12(3,4)5)9-11(2)13(6,7)8/h10-11H,9H2,1-8H3. The van der Waals surface area contributed by atoms with Crippen molar-refractivity contribution in [3.63, 3.8) is 0 Å². The van der Waals surface area contributed by atoms with Crippen LogP contribution in [0.3, 0.4) is 0 Å². The van der Waals surface area contributed by atoms with E-state index in [1.165, 1.54) is 6.42 Å². The predicted molar refractivity (Wildman–Crippen MR) is 61.9 cm³/mol. The first-order valence-corrected chi connectivity index (χ1v) is 5.55. The molecule has 0 amide bonds. The van der Waals surface area contributed by atoms with E-state index in [1.807, 2.05) is 0 Å².